The molecule has 6 heteroatoms. The topological polar surface area (TPSA) is 67.9 Å². The Bertz CT molecular complexity index is 861. The van der Waals surface area contributed by atoms with Crippen LogP contribution in [0.15, 0.2) is 48.5 Å². The molecule has 0 heterocycles. The number of aryl methyl sites for hydroxylation is 1. The molecule has 0 atom stereocenters. The van der Waals surface area contributed by atoms with Crippen molar-refractivity contribution in [3.05, 3.63) is 59.7 Å². The molecule has 0 radical (unpaired) electrons. The molecule has 1 N–H and O–H groups in total. The maximum atomic E-state index is 12.5. The maximum absolute atomic E-state index is 12.5. The molecule has 0 aliphatic rings. The van der Waals surface area contributed by atoms with Gasteiger partial charge in [-0.1, -0.05) is 17.7 Å². The maximum Gasteiger partial charge on any atom is 0.247 e. The molecule has 0 saturated carbocycles. The second kappa shape index (κ2) is 10.2. The molecule has 0 aliphatic carbocycles. The number of hydrogen-bond acceptors (Lipinski definition) is 4. The monoisotopic (exact) mass is 382 g/mol. The Balaban J connectivity index is 2.02. The van der Waals surface area contributed by atoms with Gasteiger partial charge in [0.1, 0.15) is 18.0 Å². The Kier molecular flexibility index (Phi) is 7.63. The zero-order valence-electron chi connectivity index (χ0n) is 16.7. The number of nitrogens with zero attached hydrogens (tertiary/aromatic N) is 1. The molecule has 0 bridgehead atoms. The molecule has 6 nitrogen and oxygen atoms in total. The van der Waals surface area contributed by atoms with E-state index in [-0.39, 0.29) is 18.4 Å². The lowest BCUT2D eigenvalue weighted by Crippen LogP contribution is -2.36. The normalized spacial score (nSPS) is 10.6. The number of ether oxygens (including phenoxy) is 2. The molecular weight excluding hydrogens is 356 g/mol. The van der Waals surface area contributed by atoms with Crippen LogP contribution in [0, 0.1) is 6.92 Å². The van der Waals surface area contributed by atoms with Crippen molar-refractivity contribution in [2.24, 2.45) is 0 Å². The first-order chi connectivity index (χ1) is 13.5. The van der Waals surface area contributed by atoms with E-state index in [2.05, 4.69) is 5.32 Å². The largest absolute Gasteiger partial charge is 0.497 e. The van der Waals surface area contributed by atoms with Gasteiger partial charge < -0.3 is 19.7 Å². The number of amides is 2. The van der Waals surface area contributed by atoms with Gasteiger partial charge in [-0.05, 0) is 44.2 Å². The van der Waals surface area contributed by atoms with Crippen molar-refractivity contribution in [3.63, 3.8) is 0 Å². The number of methoxy groups -OCH3 is 2. The summed E-state index contributed by atoms with van der Waals surface area (Å²) in [6, 6.07) is 12.8. The van der Waals surface area contributed by atoms with Crippen LogP contribution in [0.1, 0.15) is 18.1 Å². The van der Waals surface area contributed by atoms with E-state index in [0.29, 0.717) is 23.7 Å². The SMILES string of the molecule is CCN(CC(=O)Nc1cccc(OC)c1)C(=O)/C=C/c1cc(C)ccc1OC. The smallest absolute Gasteiger partial charge is 0.247 e. The molecule has 0 fully saturated rings. The second-order valence-corrected chi connectivity index (χ2v) is 6.21. The van der Waals surface area contributed by atoms with E-state index in [9.17, 15) is 9.59 Å². The van der Waals surface area contributed by atoms with Crippen LogP contribution in [0.2, 0.25) is 0 Å². The summed E-state index contributed by atoms with van der Waals surface area (Å²) in [6.07, 6.45) is 3.16. The Morgan fingerprint density at radius 3 is 2.57 bits per heavy atom. The molecule has 148 valence electrons. The van der Waals surface area contributed by atoms with Gasteiger partial charge in [0.05, 0.1) is 14.2 Å². The van der Waals surface area contributed by atoms with Crippen molar-refractivity contribution in [2.75, 3.05) is 32.6 Å². The number of nitrogens with one attached hydrogen (secondary N) is 1. The zero-order valence-corrected chi connectivity index (χ0v) is 16.7. The zero-order chi connectivity index (χ0) is 20.5. The Morgan fingerprint density at radius 2 is 1.89 bits per heavy atom. The van der Waals surface area contributed by atoms with Crippen LogP contribution in [-0.4, -0.2) is 44.0 Å². The highest BCUT2D eigenvalue weighted by atomic mass is 16.5. The minimum absolute atomic E-state index is 0.0398. The molecule has 0 unspecified atom stereocenters. The van der Waals surface area contributed by atoms with Crippen molar-refractivity contribution >= 4 is 23.6 Å². The third-order valence-corrected chi connectivity index (χ3v) is 4.17. The number of carbonyl (C=O) groups is 2. The molecule has 28 heavy (non-hydrogen) atoms. The van der Waals surface area contributed by atoms with E-state index in [0.717, 1.165) is 11.1 Å². The van der Waals surface area contributed by atoms with Crippen LogP contribution in [0.4, 0.5) is 5.69 Å². The van der Waals surface area contributed by atoms with Gasteiger partial charge in [0.15, 0.2) is 0 Å². The van der Waals surface area contributed by atoms with Crippen LogP contribution in [0.5, 0.6) is 11.5 Å². The van der Waals surface area contributed by atoms with Crippen molar-refractivity contribution in [2.45, 2.75) is 13.8 Å². The number of likely N-dealkylation sites (N-methyl/N-ethyl adjacent to an activating group) is 1. The average Bonchev–Trinajstić information content (AvgIpc) is 2.70. The van der Waals surface area contributed by atoms with Crippen LogP contribution < -0.4 is 14.8 Å². The van der Waals surface area contributed by atoms with Crippen molar-refractivity contribution in [3.8, 4) is 11.5 Å². The summed E-state index contributed by atoms with van der Waals surface area (Å²) >= 11 is 0. The van der Waals surface area contributed by atoms with Gasteiger partial charge >= 0.3 is 0 Å². The fourth-order valence-electron chi connectivity index (χ4n) is 2.67. The lowest BCUT2D eigenvalue weighted by molar-refractivity contribution is -0.130. The Labute approximate surface area is 165 Å². The number of benzene rings is 2. The highest BCUT2D eigenvalue weighted by Gasteiger charge is 2.14. The first-order valence-electron chi connectivity index (χ1n) is 9.02. The summed E-state index contributed by atoms with van der Waals surface area (Å²) in [7, 11) is 3.15. The van der Waals surface area contributed by atoms with Crippen LogP contribution in [0.25, 0.3) is 6.08 Å². The minimum Gasteiger partial charge on any atom is -0.497 e. The van der Waals surface area contributed by atoms with E-state index in [1.54, 1.807) is 44.6 Å². The third-order valence-electron chi connectivity index (χ3n) is 4.17. The number of carbonyl (C=O) groups excluding carboxylic acids is 2. The highest BCUT2D eigenvalue weighted by molar-refractivity contribution is 5.98. The molecule has 0 saturated heterocycles. The van der Waals surface area contributed by atoms with Crippen LogP contribution >= 0.6 is 0 Å². The minimum atomic E-state index is -0.273. The molecule has 2 aromatic rings. The van der Waals surface area contributed by atoms with Crippen molar-refractivity contribution in [1.29, 1.82) is 0 Å². The molecule has 2 aromatic carbocycles. The third kappa shape index (κ3) is 5.87. The summed E-state index contributed by atoms with van der Waals surface area (Å²) in [6.45, 7) is 4.18. The highest BCUT2D eigenvalue weighted by Crippen LogP contribution is 2.21. The van der Waals surface area contributed by atoms with Gasteiger partial charge in [0.2, 0.25) is 11.8 Å². The van der Waals surface area contributed by atoms with Gasteiger partial charge in [-0.25, -0.2) is 0 Å². The van der Waals surface area contributed by atoms with E-state index in [1.807, 2.05) is 32.0 Å². The first-order valence-corrected chi connectivity index (χ1v) is 9.02. The van der Waals surface area contributed by atoms with E-state index in [4.69, 9.17) is 9.47 Å². The summed E-state index contributed by atoms with van der Waals surface area (Å²) in [5.74, 6) is 0.821. The lowest BCUT2D eigenvalue weighted by atomic mass is 10.1. The summed E-state index contributed by atoms with van der Waals surface area (Å²) in [5, 5.41) is 2.78. The molecule has 0 aromatic heterocycles. The number of anilines is 1. The van der Waals surface area contributed by atoms with Gasteiger partial charge in [0, 0.05) is 29.9 Å². The number of rotatable bonds is 8. The fourth-order valence-corrected chi connectivity index (χ4v) is 2.67. The standard InChI is InChI=1S/C22H26N2O4/c1-5-24(15-21(25)23-18-7-6-8-19(14-18)27-3)22(26)12-10-17-13-16(2)9-11-20(17)28-4/h6-14H,5,15H2,1-4H3,(H,23,25)/b12-10+. The van der Waals surface area contributed by atoms with Gasteiger partial charge in [-0.15, -0.1) is 0 Å². The molecular formula is C22H26N2O4. The van der Waals surface area contributed by atoms with Gasteiger partial charge in [-0.3, -0.25) is 9.59 Å². The predicted octanol–water partition coefficient (Wildman–Crippen LogP) is 3.51. The van der Waals surface area contributed by atoms with E-state index in [1.165, 1.54) is 11.0 Å². The van der Waals surface area contributed by atoms with Crippen molar-refractivity contribution < 1.29 is 19.1 Å². The first kappa shape index (κ1) is 21.0. The molecule has 0 spiro atoms. The van der Waals surface area contributed by atoms with E-state index < -0.39 is 0 Å². The van der Waals surface area contributed by atoms with Crippen molar-refractivity contribution in [1.82, 2.24) is 4.90 Å². The lowest BCUT2D eigenvalue weighted by Gasteiger charge is -2.18. The molecule has 2 rings (SSSR count). The summed E-state index contributed by atoms with van der Waals surface area (Å²) < 4.78 is 10.5. The number of hydrogen-bond donors (Lipinski definition) is 1. The Hall–Kier alpha value is -3.28. The van der Waals surface area contributed by atoms with Gasteiger partial charge in [-0.2, -0.15) is 0 Å². The average molecular weight is 382 g/mol. The summed E-state index contributed by atoms with van der Waals surface area (Å²) in [5.41, 5.74) is 2.50. The van der Waals surface area contributed by atoms with Crippen LogP contribution in [0.3, 0.4) is 0 Å². The van der Waals surface area contributed by atoms with Gasteiger partial charge in [0.25, 0.3) is 0 Å². The fraction of sp³-hybridized carbons (Fsp3) is 0.273. The molecule has 0 aliphatic heterocycles. The predicted molar refractivity (Wildman–Crippen MR) is 111 cm³/mol. The summed E-state index contributed by atoms with van der Waals surface area (Å²) in [4.78, 5) is 26.3. The quantitative estimate of drug-likeness (QED) is 0.710. The molecule has 2 amide bonds. The van der Waals surface area contributed by atoms with Crippen LogP contribution in [-0.2, 0) is 9.59 Å². The van der Waals surface area contributed by atoms with E-state index >= 15 is 0 Å². The second-order valence-electron chi connectivity index (χ2n) is 6.21. The Morgan fingerprint density at radius 1 is 1.11 bits per heavy atom.